The molecule has 2 aliphatic rings. The van der Waals surface area contributed by atoms with E-state index >= 15 is 0 Å². The number of nitroso groups, excluding NO2 is 1. The van der Waals surface area contributed by atoms with E-state index in [1.165, 1.54) is 0 Å². The molecule has 1 aromatic carbocycles. The first kappa shape index (κ1) is 15.5. The topological polar surface area (TPSA) is 88.1 Å². The number of ether oxygens (including phenoxy) is 1. The van der Waals surface area contributed by atoms with Gasteiger partial charge in [-0.3, -0.25) is 4.79 Å². The molecule has 1 saturated heterocycles. The molecule has 23 heavy (non-hydrogen) atoms. The Kier molecular flexibility index (Phi) is 3.39. The van der Waals surface area contributed by atoms with Gasteiger partial charge in [0.2, 0.25) is 0 Å². The summed E-state index contributed by atoms with van der Waals surface area (Å²) >= 11 is 0. The van der Waals surface area contributed by atoms with Crippen molar-refractivity contribution in [3.8, 4) is 0 Å². The SMILES string of the molecule is CC(C)(C)OC(=O)N1CC2(C1)NC(=O)c1cc(CN=O)ccc12. The van der Waals surface area contributed by atoms with Gasteiger partial charge in [-0.2, -0.15) is 4.91 Å². The van der Waals surface area contributed by atoms with E-state index < -0.39 is 11.1 Å². The zero-order valence-electron chi connectivity index (χ0n) is 13.4. The minimum absolute atomic E-state index is 0.0393. The number of rotatable bonds is 2. The third-order valence-corrected chi connectivity index (χ3v) is 4.02. The minimum atomic E-state index is -0.548. The lowest BCUT2D eigenvalue weighted by atomic mass is 9.83. The van der Waals surface area contributed by atoms with Crippen LogP contribution in [-0.4, -0.2) is 35.6 Å². The van der Waals surface area contributed by atoms with Crippen LogP contribution in [0.25, 0.3) is 0 Å². The molecule has 1 spiro atoms. The second-order valence-corrected chi connectivity index (χ2v) is 7.04. The predicted octanol–water partition coefficient (Wildman–Crippen LogP) is 2.14. The highest BCUT2D eigenvalue weighted by molar-refractivity contribution is 6.00. The summed E-state index contributed by atoms with van der Waals surface area (Å²) in [4.78, 5) is 36.2. The minimum Gasteiger partial charge on any atom is -0.444 e. The summed E-state index contributed by atoms with van der Waals surface area (Å²) in [5, 5.41) is 5.80. The lowest BCUT2D eigenvalue weighted by molar-refractivity contribution is -0.0145. The lowest BCUT2D eigenvalue weighted by Crippen LogP contribution is -2.66. The summed E-state index contributed by atoms with van der Waals surface area (Å²) in [6, 6.07) is 5.32. The molecule has 0 aromatic heterocycles. The van der Waals surface area contributed by atoms with E-state index in [1.807, 2.05) is 26.8 Å². The highest BCUT2D eigenvalue weighted by Crippen LogP contribution is 2.39. The molecule has 2 amide bonds. The Bertz CT molecular complexity index is 687. The van der Waals surface area contributed by atoms with Crippen LogP contribution in [0, 0.1) is 4.91 Å². The molecule has 1 aromatic rings. The Labute approximate surface area is 134 Å². The van der Waals surface area contributed by atoms with E-state index in [-0.39, 0.29) is 18.5 Å². The molecule has 0 unspecified atom stereocenters. The normalized spacial score (nSPS) is 18.2. The molecule has 0 bridgehead atoms. The van der Waals surface area contributed by atoms with Gasteiger partial charge in [0.05, 0.1) is 13.1 Å². The van der Waals surface area contributed by atoms with Crippen LogP contribution >= 0.6 is 0 Å². The van der Waals surface area contributed by atoms with Crippen molar-refractivity contribution in [3.05, 3.63) is 39.8 Å². The van der Waals surface area contributed by atoms with Crippen LogP contribution < -0.4 is 5.32 Å². The predicted molar refractivity (Wildman–Crippen MR) is 82.9 cm³/mol. The van der Waals surface area contributed by atoms with Gasteiger partial charge >= 0.3 is 6.09 Å². The van der Waals surface area contributed by atoms with Crippen LogP contribution in [0.2, 0.25) is 0 Å². The maximum Gasteiger partial charge on any atom is 0.410 e. The number of amides is 2. The van der Waals surface area contributed by atoms with Crippen molar-refractivity contribution in [1.82, 2.24) is 10.2 Å². The second-order valence-electron chi connectivity index (χ2n) is 7.04. The van der Waals surface area contributed by atoms with Crippen LogP contribution in [0.3, 0.4) is 0 Å². The largest absolute Gasteiger partial charge is 0.444 e. The van der Waals surface area contributed by atoms with Gasteiger partial charge in [-0.25, -0.2) is 4.79 Å². The summed E-state index contributed by atoms with van der Waals surface area (Å²) in [7, 11) is 0. The van der Waals surface area contributed by atoms with Crippen molar-refractivity contribution < 1.29 is 14.3 Å². The highest BCUT2D eigenvalue weighted by atomic mass is 16.6. The third kappa shape index (κ3) is 2.67. The monoisotopic (exact) mass is 317 g/mol. The Morgan fingerprint density at radius 1 is 1.39 bits per heavy atom. The molecule has 0 aliphatic carbocycles. The van der Waals surface area contributed by atoms with E-state index in [1.54, 1.807) is 17.0 Å². The van der Waals surface area contributed by atoms with Crippen molar-refractivity contribution in [2.45, 2.75) is 38.5 Å². The van der Waals surface area contributed by atoms with E-state index in [4.69, 9.17) is 4.74 Å². The van der Waals surface area contributed by atoms with Gasteiger partial charge in [-0.15, -0.1) is 0 Å². The number of carbonyl (C=O) groups excluding carboxylic acids is 2. The molecular formula is C16H19N3O4. The first-order valence-electron chi connectivity index (χ1n) is 7.47. The summed E-state index contributed by atoms with van der Waals surface area (Å²) < 4.78 is 5.34. The number of carbonyl (C=O) groups is 2. The Morgan fingerprint density at radius 3 is 2.70 bits per heavy atom. The zero-order chi connectivity index (χ0) is 16.8. The molecule has 1 N–H and O–H groups in total. The van der Waals surface area contributed by atoms with Crippen LogP contribution in [0.1, 0.15) is 42.3 Å². The van der Waals surface area contributed by atoms with Crippen molar-refractivity contribution in [2.24, 2.45) is 5.18 Å². The van der Waals surface area contributed by atoms with Crippen molar-refractivity contribution in [2.75, 3.05) is 13.1 Å². The van der Waals surface area contributed by atoms with Crippen LogP contribution in [-0.2, 0) is 16.8 Å². The maximum atomic E-state index is 12.2. The number of hydrogen-bond acceptors (Lipinski definition) is 5. The van der Waals surface area contributed by atoms with Crippen molar-refractivity contribution in [1.29, 1.82) is 0 Å². The summed E-state index contributed by atoms with van der Waals surface area (Å²) in [6.07, 6.45) is -0.382. The molecule has 7 nitrogen and oxygen atoms in total. The number of nitrogens with zero attached hydrogens (tertiary/aromatic N) is 2. The van der Waals surface area contributed by atoms with Crippen LogP contribution in [0.15, 0.2) is 23.4 Å². The van der Waals surface area contributed by atoms with Gasteiger partial charge in [0, 0.05) is 5.56 Å². The molecule has 7 heteroatoms. The average molecular weight is 317 g/mol. The van der Waals surface area contributed by atoms with Gasteiger partial charge in [0.15, 0.2) is 0 Å². The molecule has 0 saturated carbocycles. The van der Waals surface area contributed by atoms with Crippen LogP contribution in [0.4, 0.5) is 4.79 Å². The number of likely N-dealkylation sites (tertiary alicyclic amines) is 1. The maximum absolute atomic E-state index is 12.2. The fraction of sp³-hybridized carbons (Fsp3) is 0.500. The smallest absolute Gasteiger partial charge is 0.410 e. The standard InChI is InChI=1S/C16H19N3O4/c1-15(2,3)23-14(21)19-8-16(9-19)12-5-4-10(7-17-22)6-11(12)13(20)18-16/h4-6H,7-9H2,1-3H3,(H,18,20). The van der Waals surface area contributed by atoms with Gasteiger partial charge in [-0.05, 0) is 38.0 Å². The summed E-state index contributed by atoms with van der Waals surface area (Å²) in [5.74, 6) is -0.184. The summed E-state index contributed by atoms with van der Waals surface area (Å²) in [6.45, 7) is 6.25. The molecule has 1 fully saturated rings. The summed E-state index contributed by atoms with van der Waals surface area (Å²) in [5.41, 5.74) is 1.02. The van der Waals surface area contributed by atoms with Crippen molar-refractivity contribution in [3.63, 3.8) is 0 Å². The lowest BCUT2D eigenvalue weighted by Gasteiger charge is -2.48. The Balaban J connectivity index is 1.77. The third-order valence-electron chi connectivity index (χ3n) is 4.02. The first-order chi connectivity index (χ1) is 10.7. The van der Waals surface area contributed by atoms with Gasteiger partial charge in [-0.1, -0.05) is 17.3 Å². The fourth-order valence-electron chi connectivity index (χ4n) is 3.03. The number of nitrogens with one attached hydrogen (secondary N) is 1. The Hall–Kier alpha value is -2.44. The number of hydrogen-bond donors (Lipinski definition) is 1. The van der Waals surface area contributed by atoms with Gasteiger partial charge in [0.1, 0.15) is 17.7 Å². The molecule has 122 valence electrons. The van der Waals surface area contributed by atoms with E-state index in [2.05, 4.69) is 10.5 Å². The quantitative estimate of drug-likeness (QED) is 0.846. The highest BCUT2D eigenvalue weighted by Gasteiger charge is 2.53. The molecule has 2 heterocycles. The van der Waals surface area contributed by atoms with E-state index in [0.717, 1.165) is 5.56 Å². The molecule has 0 atom stereocenters. The van der Waals surface area contributed by atoms with Crippen LogP contribution in [0.5, 0.6) is 0 Å². The number of fused-ring (bicyclic) bond motifs is 2. The second kappa shape index (κ2) is 5.04. The van der Waals surface area contributed by atoms with E-state index in [0.29, 0.717) is 24.2 Å². The Morgan fingerprint density at radius 2 is 2.09 bits per heavy atom. The zero-order valence-corrected chi connectivity index (χ0v) is 13.4. The first-order valence-corrected chi connectivity index (χ1v) is 7.47. The van der Waals surface area contributed by atoms with Gasteiger partial charge in [0.25, 0.3) is 5.91 Å². The van der Waals surface area contributed by atoms with Crippen molar-refractivity contribution >= 4 is 12.0 Å². The molecule has 3 rings (SSSR count). The van der Waals surface area contributed by atoms with E-state index in [9.17, 15) is 14.5 Å². The van der Waals surface area contributed by atoms with Gasteiger partial charge < -0.3 is 15.0 Å². The molecular weight excluding hydrogens is 298 g/mol. The fourth-order valence-corrected chi connectivity index (χ4v) is 3.03. The molecule has 2 aliphatic heterocycles. The average Bonchev–Trinajstić information content (AvgIpc) is 2.69. The number of benzene rings is 1. The molecule has 0 radical (unpaired) electrons.